The van der Waals surface area contributed by atoms with Gasteiger partial charge in [-0.1, -0.05) is 23.2 Å². The van der Waals surface area contributed by atoms with E-state index in [-0.39, 0.29) is 12.5 Å². The second-order valence-corrected chi connectivity index (χ2v) is 4.89. The number of aliphatic hydroxyl groups is 1. The molecule has 0 saturated heterocycles. The maximum atomic E-state index is 11.7. The Hall–Kier alpha value is -1.49. The number of hydrogen-bond donors (Lipinski definition) is 3. The van der Waals surface area contributed by atoms with E-state index in [0.29, 0.717) is 21.3 Å². The van der Waals surface area contributed by atoms with Crippen LogP contribution in [-0.2, 0) is 0 Å². The SMILES string of the molecule is O=C(NCC(O)c1cc(Cl)cc(Cl)c1)c1ccc[nH]1. The van der Waals surface area contributed by atoms with Gasteiger partial charge in [0.25, 0.3) is 5.91 Å². The maximum Gasteiger partial charge on any atom is 0.267 e. The summed E-state index contributed by atoms with van der Waals surface area (Å²) in [5.41, 5.74) is 1.00. The second kappa shape index (κ2) is 6.10. The van der Waals surface area contributed by atoms with Crippen molar-refractivity contribution >= 4 is 29.1 Å². The smallest absolute Gasteiger partial charge is 0.267 e. The van der Waals surface area contributed by atoms with Gasteiger partial charge in [-0.15, -0.1) is 0 Å². The summed E-state index contributed by atoms with van der Waals surface area (Å²) < 4.78 is 0. The number of aliphatic hydroxyl groups excluding tert-OH is 1. The number of nitrogens with one attached hydrogen (secondary N) is 2. The Morgan fingerprint density at radius 1 is 1.32 bits per heavy atom. The van der Waals surface area contributed by atoms with Crippen LogP contribution < -0.4 is 5.32 Å². The van der Waals surface area contributed by atoms with Gasteiger partial charge in [-0.2, -0.15) is 0 Å². The van der Waals surface area contributed by atoms with Crippen LogP contribution in [-0.4, -0.2) is 22.5 Å². The number of carbonyl (C=O) groups is 1. The van der Waals surface area contributed by atoms with Crippen molar-refractivity contribution in [2.24, 2.45) is 0 Å². The van der Waals surface area contributed by atoms with Crippen molar-refractivity contribution in [3.8, 4) is 0 Å². The van der Waals surface area contributed by atoms with E-state index in [1.54, 1.807) is 36.5 Å². The highest BCUT2D eigenvalue weighted by Gasteiger charge is 2.12. The van der Waals surface area contributed by atoms with Crippen LogP contribution in [0.2, 0.25) is 10.0 Å². The zero-order valence-corrected chi connectivity index (χ0v) is 11.4. The fourth-order valence-corrected chi connectivity index (χ4v) is 2.18. The molecular formula is C13H12Cl2N2O2. The van der Waals surface area contributed by atoms with Gasteiger partial charge < -0.3 is 15.4 Å². The van der Waals surface area contributed by atoms with E-state index in [0.717, 1.165) is 0 Å². The minimum Gasteiger partial charge on any atom is -0.387 e. The molecule has 0 spiro atoms. The van der Waals surface area contributed by atoms with Crippen molar-refractivity contribution < 1.29 is 9.90 Å². The number of amides is 1. The summed E-state index contributed by atoms with van der Waals surface area (Å²) in [5, 5.41) is 13.5. The first kappa shape index (κ1) is 13.9. The largest absolute Gasteiger partial charge is 0.387 e. The lowest BCUT2D eigenvalue weighted by molar-refractivity contribution is 0.0912. The molecule has 19 heavy (non-hydrogen) atoms. The Morgan fingerprint density at radius 3 is 2.58 bits per heavy atom. The van der Waals surface area contributed by atoms with Crippen molar-refractivity contribution in [3.63, 3.8) is 0 Å². The quantitative estimate of drug-likeness (QED) is 0.812. The molecule has 0 fully saturated rings. The minimum absolute atomic E-state index is 0.0779. The monoisotopic (exact) mass is 298 g/mol. The molecule has 2 rings (SSSR count). The highest BCUT2D eigenvalue weighted by molar-refractivity contribution is 6.34. The Balaban J connectivity index is 1.97. The summed E-state index contributed by atoms with van der Waals surface area (Å²) in [4.78, 5) is 14.5. The van der Waals surface area contributed by atoms with E-state index in [1.807, 2.05) is 0 Å². The number of benzene rings is 1. The maximum absolute atomic E-state index is 11.7. The van der Waals surface area contributed by atoms with Crippen LogP contribution >= 0.6 is 23.2 Å². The summed E-state index contributed by atoms with van der Waals surface area (Å²) in [6.45, 7) is 0.0779. The highest BCUT2D eigenvalue weighted by atomic mass is 35.5. The van der Waals surface area contributed by atoms with Gasteiger partial charge in [0.05, 0.1) is 6.10 Å². The summed E-state index contributed by atoms with van der Waals surface area (Å²) in [6, 6.07) is 8.18. The van der Waals surface area contributed by atoms with Crippen LogP contribution in [0.1, 0.15) is 22.2 Å². The molecule has 1 aromatic heterocycles. The minimum atomic E-state index is -0.866. The number of aromatic nitrogens is 1. The number of rotatable bonds is 4. The molecule has 1 atom stereocenters. The van der Waals surface area contributed by atoms with E-state index in [9.17, 15) is 9.90 Å². The molecule has 0 saturated carbocycles. The fraction of sp³-hybridized carbons (Fsp3) is 0.154. The van der Waals surface area contributed by atoms with E-state index < -0.39 is 6.10 Å². The first-order valence-corrected chi connectivity index (χ1v) is 6.37. The average molecular weight is 299 g/mol. The van der Waals surface area contributed by atoms with Gasteiger partial charge in [-0.25, -0.2) is 0 Å². The predicted molar refractivity (Wildman–Crippen MR) is 74.5 cm³/mol. The molecule has 1 unspecified atom stereocenters. The number of carbonyl (C=O) groups excluding carboxylic acids is 1. The van der Waals surface area contributed by atoms with Crippen molar-refractivity contribution in [3.05, 3.63) is 57.8 Å². The molecule has 6 heteroatoms. The number of halogens is 2. The summed E-state index contributed by atoms with van der Waals surface area (Å²) >= 11 is 11.7. The number of hydrogen-bond acceptors (Lipinski definition) is 2. The van der Waals surface area contributed by atoms with Crippen LogP contribution in [0, 0.1) is 0 Å². The van der Waals surface area contributed by atoms with Crippen LogP contribution in [0.5, 0.6) is 0 Å². The van der Waals surface area contributed by atoms with Crippen LogP contribution in [0.4, 0.5) is 0 Å². The molecule has 4 nitrogen and oxygen atoms in total. The van der Waals surface area contributed by atoms with Gasteiger partial charge >= 0.3 is 0 Å². The lowest BCUT2D eigenvalue weighted by Gasteiger charge is -2.12. The summed E-state index contributed by atoms with van der Waals surface area (Å²) in [7, 11) is 0. The van der Waals surface area contributed by atoms with Crippen LogP contribution in [0.25, 0.3) is 0 Å². The van der Waals surface area contributed by atoms with Crippen molar-refractivity contribution in [1.82, 2.24) is 10.3 Å². The van der Waals surface area contributed by atoms with E-state index >= 15 is 0 Å². The molecule has 0 aliphatic heterocycles. The van der Waals surface area contributed by atoms with Gasteiger partial charge in [0.15, 0.2) is 0 Å². The van der Waals surface area contributed by atoms with Gasteiger partial charge in [0, 0.05) is 22.8 Å². The lowest BCUT2D eigenvalue weighted by atomic mass is 10.1. The standard InChI is InChI=1S/C13H12Cl2N2O2/c14-9-4-8(5-10(15)6-9)12(18)7-17-13(19)11-2-1-3-16-11/h1-6,12,16,18H,7H2,(H,17,19). The Bertz CT molecular complexity index is 550. The summed E-state index contributed by atoms with van der Waals surface area (Å²) in [5.74, 6) is -0.280. The number of H-pyrrole nitrogens is 1. The van der Waals surface area contributed by atoms with Gasteiger partial charge in [-0.3, -0.25) is 4.79 Å². The predicted octanol–water partition coefficient (Wildman–Crippen LogP) is 2.78. The van der Waals surface area contributed by atoms with E-state index in [4.69, 9.17) is 23.2 Å². The molecule has 0 bridgehead atoms. The van der Waals surface area contributed by atoms with Crippen molar-refractivity contribution in [2.75, 3.05) is 6.54 Å². The zero-order chi connectivity index (χ0) is 13.8. The molecule has 2 aromatic rings. The molecule has 0 radical (unpaired) electrons. The fourth-order valence-electron chi connectivity index (χ4n) is 1.64. The second-order valence-electron chi connectivity index (χ2n) is 4.01. The normalized spacial score (nSPS) is 12.2. The average Bonchev–Trinajstić information content (AvgIpc) is 2.88. The molecule has 0 aliphatic rings. The lowest BCUT2D eigenvalue weighted by Crippen LogP contribution is -2.28. The Morgan fingerprint density at radius 2 is 2.00 bits per heavy atom. The van der Waals surface area contributed by atoms with Crippen LogP contribution in [0.3, 0.4) is 0 Å². The van der Waals surface area contributed by atoms with E-state index in [1.165, 1.54) is 0 Å². The van der Waals surface area contributed by atoms with Gasteiger partial charge in [0.2, 0.25) is 0 Å². The third-order valence-corrected chi connectivity index (χ3v) is 3.00. The molecule has 100 valence electrons. The number of aromatic amines is 1. The third kappa shape index (κ3) is 3.73. The van der Waals surface area contributed by atoms with Crippen molar-refractivity contribution in [1.29, 1.82) is 0 Å². The first-order valence-electron chi connectivity index (χ1n) is 5.62. The molecule has 1 aromatic carbocycles. The molecule has 3 N–H and O–H groups in total. The van der Waals surface area contributed by atoms with E-state index in [2.05, 4.69) is 10.3 Å². The topological polar surface area (TPSA) is 65.1 Å². The van der Waals surface area contributed by atoms with Gasteiger partial charge in [-0.05, 0) is 35.9 Å². The first-order chi connectivity index (χ1) is 9.06. The molecular weight excluding hydrogens is 287 g/mol. The van der Waals surface area contributed by atoms with Crippen molar-refractivity contribution in [2.45, 2.75) is 6.10 Å². The summed E-state index contributed by atoms with van der Waals surface area (Å²) in [6.07, 6.45) is 0.789. The molecule has 1 heterocycles. The third-order valence-electron chi connectivity index (χ3n) is 2.57. The van der Waals surface area contributed by atoms with Gasteiger partial charge in [0.1, 0.15) is 5.69 Å². The Kier molecular flexibility index (Phi) is 4.47. The van der Waals surface area contributed by atoms with Crippen LogP contribution in [0.15, 0.2) is 36.5 Å². The molecule has 0 aliphatic carbocycles. The highest BCUT2D eigenvalue weighted by Crippen LogP contribution is 2.23. The zero-order valence-electron chi connectivity index (χ0n) is 9.86. The Labute approximate surface area is 120 Å². The molecule has 1 amide bonds.